The summed E-state index contributed by atoms with van der Waals surface area (Å²) in [7, 11) is 0. The van der Waals surface area contributed by atoms with Gasteiger partial charge < -0.3 is 30.2 Å². The van der Waals surface area contributed by atoms with Crippen LogP contribution in [0.3, 0.4) is 0 Å². The Hall–Kier alpha value is -7.19. The number of halogens is 7. The van der Waals surface area contributed by atoms with Crippen molar-refractivity contribution in [3.8, 4) is 11.4 Å². The minimum absolute atomic E-state index is 0.0345. The molecule has 2 amide bonds. The molecule has 350 valence electrons. The average molecular weight is 947 g/mol. The summed E-state index contributed by atoms with van der Waals surface area (Å²) in [6.45, 7) is -27.9. The number of piperazine rings is 2. The molecule has 4 aromatic carbocycles. The number of rotatable bonds is 11. The third kappa shape index (κ3) is 11.1. The predicted molar refractivity (Wildman–Crippen MR) is 235 cm³/mol. The highest BCUT2D eigenvalue weighted by Gasteiger charge is 2.37. The molecule has 14 nitrogen and oxygen atoms in total. The molecule has 6 aromatic rings. The Labute approximate surface area is 402 Å². The van der Waals surface area contributed by atoms with E-state index in [1.807, 2.05) is 0 Å². The normalized spacial score (nSPS) is 26.0. The molecule has 10 rings (SSSR count). The second-order valence-corrected chi connectivity index (χ2v) is 15.1. The van der Waals surface area contributed by atoms with Gasteiger partial charge in [-0.3, -0.25) is 9.59 Å². The second-order valence-electron chi connectivity index (χ2n) is 15.1. The van der Waals surface area contributed by atoms with E-state index in [-0.39, 0.29) is 55.7 Å². The lowest BCUT2D eigenvalue weighted by Gasteiger charge is -2.36. The van der Waals surface area contributed by atoms with E-state index in [0.717, 1.165) is 41.3 Å². The van der Waals surface area contributed by atoms with Gasteiger partial charge >= 0.3 is 6.18 Å². The fourth-order valence-electron chi connectivity index (χ4n) is 6.34. The molecule has 21 heteroatoms. The summed E-state index contributed by atoms with van der Waals surface area (Å²) in [5.41, 5.74) is -3.70. The van der Waals surface area contributed by atoms with Gasteiger partial charge in [0.15, 0.2) is 0 Å². The highest BCUT2D eigenvalue weighted by atomic mass is 19.4. The number of hydrogen-bond acceptors (Lipinski definition) is 10. The van der Waals surface area contributed by atoms with E-state index >= 15 is 0 Å². The van der Waals surface area contributed by atoms with Crippen molar-refractivity contribution in [2.24, 2.45) is 11.8 Å². The van der Waals surface area contributed by atoms with Crippen LogP contribution in [0.1, 0.15) is 65.2 Å². The smallest absolute Gasteiger partial charge is 0.368 e. The van der Waals surface area contributed by atoms with E-state index < -0.39 is 128 Å². The molecule has 2 aliphatic carbocycles. The first-order valence-corrected chi connectivity index (χ1v) is 20.1. The number of carbonyl (C=O) groups excluding carboxylic acids is 2. The van der Waals surface area contributed by atoms with Crippen molar-refractivity contribution >= 4 is 46.5 Å². The molecule has 2 aromatic heterocycles. The van der Waals surface area contributed by atoms with E-state index in [0.29, 0.717) is 30.7 Å². The Morgan fingerprint density at radius 3 is 1.46 bits per heavy atom. The molecule has 2 saturated heterocycles. The number of carbonyl (C=O) groups is 2. The minimum Gasteiger partial charge on any atom is -0.368 e. The molecular formula is C46H45F7N12O2. The maximum Gasteiger partial charge on any atom is 0.416 e. The average Bonchev–Trinajstić information content (AvgIpc) is 0.793. The van der Waals surface area contributed by atoms with E-state index in [4.69, 9.17) is 21.9 Å². The van der Waals surface area contributed by atoms with Gasteiger partial charge in [0.2, 0.25) is 23.7 Å². The summed E-state index contributed by atoms with van der Waals surface area (Å²) < 4.78 is 235. The summed E-state index contributed by atoms with van der Waals surface area (Å²) in [4.78, 5) is 33.6. The quantitative estimate of drug-likeness (QED) is 0.122. The zero-order chi connectivity index (χ0) is 61.2. The zero-order valence-corrected chi connectivity index (χ0v) is 34.2. The SMILES string of the molecule is [2H]C1([2H])N(C(=O)C2CC2)C([2H])([2H])C([2H])([2H])N(c2cc(Nc3ncn(-c4cccc(F)c4)n3)cc(C(F)(F)F)c2)C1([2H])[2H].[2H]C1([2H])N(C(=O)C2CC2)C([2H])([2H])C([2H])([2H])N(c2cc(Nc3ncn(-c4cccc(F)c4)n3)cc(C(F)F)c2)C1([2H])[2H]. The topological polar surface area (TPSA) is 133 Å². The summed E-state index contributed by atoms with van der Waals surface area (Å²) in [5, 5.41) is 13.3. The van der Waals surface area contributed by atoms with Gasteiger partial charge in [-0.15, -0.1) is 10.2 Å². The summed E-state index contributed by atoms with van der Waals surface area (Å²) in [6.07, 6.45) is -4.63. The van der Waals surface area contributed by atoms with Crippen LogP contribution in [0.2, 0.25) is 0 Å². The molecule has 0 unspecified atom stereocenters. The first-order valence-electron chi connectivity index (χ1n) is 28.1. The molecule has 4 heterocycles. The maximum absolute atomic E-state index is 14.0. The first kappa shape index (κ1) is 29.4. The van der Waals surface area contributed by atoms with Crippen LogP contribution < -0.4 is 20.4 Å². The Kier molecular flexibility index (Phi) is 8.33. The Morgan fingerprint density at radius 1 is 0.597 bits per heavy atom. The summed E-state index contributed by atoms with van der Waals surface area (Å²) in [5.74, 6) is -5.34. The molecular weight excluding hydrogens is 886 g/mol. The van der Waals surface area contributed by atoms with E-state index in [1.54, 1.807) is 0 Å². The van der Waals surface area contributed by atoms with Crippen molar-refractivity contribution in [2.45, 2.75) is 38.3 Å². The van der Waals surface area contributed by atoms with Crippen molar-refractivity contribution in [3.63, 3.8) is 0 Å². The van der Waals surface area contributed by atoms with Gasteiger partial charge in [0.25, 0.3) is 6.43 Å². The lowest BCUT2D eigenvalue weighted by Crippen LogP contribution is -2.49. The van der Waals surface area contributed by atoms with Crippen LogP contribution in [0.5, 0.6) is 0 Å². The molecule has 4 fully saturated rings. The molecule has 67 heavy (non-hydrogen) atoms. The molecule has 0 radical (unpaired) electrons. The van der Waals surface area contributed by atoms with Gasteiger partial charge in [-0.05, 0) is 98.5 Å². The first-order chi connectivity index (χ1) is 38.3. The van der Waals surface area contributed by atoms with E-state index in [1.165, 1.54) is 53.5 Å². The largest absolute Gasteiger partial charge is 0.416 e. The van der Waals surface area contributed by atoms with Crippen LogP contribution in [-0.2, 0) is 15.8 Å². The Bertz CT molecular complexity index is 3440. The molecule has 0 bridgehead atoms. The van der Waals surface area contributed by atoms with Crippen LogP contribution in [0.25, 0.3) is 11.4 Å². The van der Waals surface area contributed by atoms with E-state index in [2.05, 4.69) is 30.8 Å². The monoisotopic (exact) mass is 946 g/mol. The van der Waals surface area contributed by atoms with Gasteiger partial charge in [-0.2, -0.15) is 23.1 Å². The van der Waals surface area contributed by atoms with Crippen LogP contribution in [0, 0.1) is 23.5 Å². The Morgan fingerprint density at radius 2 is 1.04 bits per heavy atom. The summed E-state index contributed by atoms with van der Waals surface area (Å²) in [6, 6.07) is 15.0. The molecule has 2 N–H and O–H groups in total. The molecule has 2 aliphatic heterocycles. The van der Waals surface area contributed by atoms with Crippen LogP contribution >= 0.6 is 0 Å². The number of nitrogens with zero attached hydrogens (tertiary/aromatic N) is 10. The molecule has 0 atom stereocenters. The zero-order valence-electron chi connectivity index (χ0n) is 50.2. The number of anilines is 6. The van der Waals surface area contributed by atoms with Crippen molar-refractivity contribution in [1.29, 1.82) is 0 Å². The number of hydrogen-bond donors (Lipinski definition) is 2. The lowest BCUT2D eigenvalue weighted by atomic mass is 10.1. The molecule has 0 spiro atoms. The second kappa shape index (κ2) is 19.0. The summed E-state index contributed by atoms with van der Waals surface area (Å²) >= 11 is 0. The van der Waals surface area contributed by atoms with Crippen molar-refractivity contribution in [3.05, 3.63) is 120 Å². The van der Waals surface area contributed by atoms with Gasteiger partial charge in [0.1, 0.15) is 24.3 Å². The fourth-order valence-corrected chi connectivity index (χ4v) is 6.34. The van der Waals surface area contributed by atoms with Gasteiger partial charge in [-0.1, -0.05) is 12.1 Å². The van der Waals surface area contributed by atoms with E-state index in [9.17, 15) is 40.3 Å². The number of benzene rings is 4. The standard InChI is InChI=1S/C23H22F4N6O.C23H23F3N6O/c24-17-2-1-3-19(12-17)33-14-28-22(30-33)29-18-10-16(23(25,26)27)11-20(13-18)31-6-8-32(9-7-31)21(34)15-4-5-15;24-17-2-1-3-19(12-17)32-14-27-23(29-32)28-18-10-16(21(25)26)11-20(13-18)30-6-8-31(9-7-30)22(33)15-4-5-15/h1-3,10-15H,4-9H2,(H,29,30);1-3,10-15,21H,4-9H2,(H,28,29)/i2*6D2,7D2,8D2,9D2. The fraction of sp³-hybridized carbons (Fsp3) is 0.348. The number of aromatic nitrogens is 6. The number of alkyl halides is 5. The minimum atomic E-state index is -5.05. The van der Waals surface area contributed by atoms with Crippen LogP contribution in [0.15, 0.2) is 97.6 Å². The van der Waals surface area contributed by atoms with Gasteiger partial charge in [0.05, 0.1) is 38.9 Å². The molecule has 4 aliphatic rings. The van der Waals surface area contributed by atoms with Crippen molar-refractivity contribution in [2.75, 3.05) is 72.4 Å². The third-order valence-corrected chi connectivity index (χ3v) is 9.98. The number of amides is 2. The lowest BCUT2D eigenvalue weighted by molar-refractivity contribution is -0.137. The van der Waals surface area contributed by atoms with Crippen molar-refractivity contribution < 1.29 is 62.3 Å². The highest BCUT2D eigenvalue weighted by molar-refractivity contribution is 5.82. The maximum atomic E-state index is 14.0. The van der Waals surface area contributed by atoms with Crippen LogP contribution in [0.4, 0.5) is 65.4 Å². The van der Waals surface area contributed by atoms with Crippen LogP contribution in [-0.4, -0.2) is 103 Å². The van der Waals surface area contributed by atoms with Gasteiger partial charge in [-0.25, -0.2) is 26.9 Å². The highest BCUT2D eigenvalue weighted by Crippen LogP contribution is 2.37. The molecule has 2 saturated carbocycles. The Balaban J connectivity index is 0.000000200. The third-order valence-electron chi connectivity index (χ3n) is 9.98. The van der Waals surface area contributed by atoms with Gasteiger partial charge in [0, 0.05) is 92.1 Å². The van der Waals surface area contributed by atoms with Crippen molar-refractivity contribution in [1.82, 2.24) is 39.3 Å². The number of nitrogens with one attached hydrogen (secondary N) is 2. The predicted octanol–water partition coefficient (Wildman–Crippen LogP) is 8.37.